The van der Waals surface area contributed by atoms with Gasteiger partial charge in [0, 0.05) is 11.8 Å². The maximum Gasteiger partial charge on any atom is 0.449 e. The summed E-state index contributed by atoms with van der Waals surface area (Å²) >= 11 is 0. The van der Waals surface area contributed by atoms with Crippen LogP contribution in [0.3, 0.4) is 0 Å². The van der Waals surface area contributed by atoms with Crippen molar-refractivity contribution in [2.45, 2.75) is 112 Å². The van der Waals surface area contributed by atoms with Crippen LogP contribution in [0.1, 0.15) is 106 Å². The number of hydrogen-bond donors (Lipinski definition) is 0. The third-order valence-electron chi connectivity index (χ3n) is 12.6. The molecule has 0 saturated heterocycles. The first kappa shape index (κ1) is 23.0. The maximum absolute atomic E-state index is 13.0. The number of hydrogen-bond acceptors (Lipinski definition) is 1. The molecule has 7 atom stereocenters. The predicted octanol–water partition coefficient (Wildman–Crippen LogP) is 8.28. The minimum Gasteiger partial charge on any atom is -0.290 e. The Morgan fingerprint density at radius 1 is 1.00 bits per heavy atom. The number of alkyl halides is 3. The number of Topliss-reactive ketones (excluding diaryl/α,β-unsaturated/α-hetero) is 1. The largest absolute Gasteiger partial charge is 0.449 e. The van der Waals surface area contributed by atoms with E-state index in [0.29, 0.717) is 16.2 Å². The number of carbonyl (C=O) groups excluding carboxylic acids is 1. The molecular formula is C28H41F3O. The van der Waals surface area contributed by atoms with Crippen LogP contribution in [0.25, 0.3) is 0 Å². The standard InChI is InChI=1S/C28H41F3O/c1-17(16-22(32)28(29,30)31)24(5)13-10-19-20-8-9-21-23(3,4)11-7-12-27(21)18(2)26(20,27)15-14-25(19,24)6/h17-18,21H,7-16H2,1-6H3/t17-,18+,21?,24?,25?,26+,27?/m1/s1. The average molecular weight is 451 g/mol. The minimum atomic E-state index is -4.72. The zero-order chi connectivity index (χ0) is 23.5. The minimum absolute atomic E-state index is 0.0700. The molecule has 5 aliphatic carbocycles. The molecule has 0 aromatic heterocycles. The molecule has 0 N–H and O–H groups in total. The van der Waals surface area contributed by atoms with Gasteiger partial charge < -0.3 is 0 Å². The molecule has 0 aliphatic heterocycles. The molecule has 0 amide bonds. The molecule has 4 fully saturated rings. The number of carbonyl (C=O) groups is 1. The predicted molar refractivity (Wildman–Crippen MR) is 121 cm³/mol. The van der Waals surface area contributed by atoms with Gasteiger partial charge in [0.25, 0.3) is 0 Å². The molecule has 180 valence electrons. The molecule has 1 nitrogen and oxygen atoms in total. The van der Waals surface area contributed by atoms with E-state index in [1.54, 1.807) is 11.1 Å². The van der Waals surface area contributed by atoms with Gasteiger partial charge in [0.05, 0.1) is 0 Å². The lowest BCUT2D eigenvalue weighted by Gasteiger charge is -2.56. The second kappa shape index (κ2) is 6.45. The molecule has 4 unspecified atom stereocenters. The van der Waals surface area contributed by atoms with Gasteiger partial charge >= 0.3 is 6.18 Å². The highest BCUT2D eigenvalue weighted by atomic mass is 19.4. The Morgan fingerprint density at radius 2 is 1.69 bits per heavy atom. The van der Waals surface area contributed by atoms with Gasteiger partial charge in [-0.3, -0.25) is 4.79 Å². The molecule has 0 bridgehead atoms. The van der Waals surface area contributed by atoms with Gasteiger partial charge in [-0.25, -0.2) is 0 Å². The fourth-order valence-corrected chi connectivity index (χ4v) is 10.6. The summed E-state index contributed by atoms with van der Waals surface area (Å²) in [7, 11) is 0. The third-order valence-corrected chi connectivity index (χ3v) is 12.6. The van der Waals surface area contributed by atoms with Crippen LogP contribution in [0.2, 0.25) is 0 Å². The van der Waals surface area contributed by atoms with Crippen molar-refractivity contribution in [3.63, 3.8) is 0 Å². The quantitative estimate of drug-likeness (QED) is 0.395. The number of fused-ring (bicyclic) bond motifs is 1. The first-order valence-corrected chi connectivity index (χ1v) is 13.0. The first-order chi connectivity index (χ1) is 14.7. The van der Waals surface area contributed by atoms with Crippen LogP contribution in [0.5, 0.6) is 0 Å². The van der Waals surface area contributed by atoms with E-state index in [9.17, 15) is 18.0 Å². The maximum atomic E-state index is 13.0. The summed E-state index contributed by atoms with van der Waals surface area (Å²) in [6, 6.07) is 0. The van der Waals surface area contributed by atoms with E-state index in [0.717, 1.165) is 31.1 Å². The van der Waals surface area contributed by atoms with Gasteiger partial charge in [0.1, 0.15) is 0 Å². The molecular weight excluding hydrogens is 409 g/mol. The molecule has 0 radical (unpaired) electrons. The fraction of sp³-hybridized carbons (Fsp3) is 0.893. The topological polar surface area (TPSA) is 17.1 Å². The normalized spacial score (nSPS) is 47.8. The SMILES string of the molecule is C[C@H](CC(=O)C(F)(F)F)C1(C)CCC2=C3CCC4C(C)(C)CCCC45[C@@H](C)[C@@]35CCC21C. The van der Waals surface area contributed by atoms with Crippen LogP contribution in [-0.2, 0) is 4.79 Å². The molecule has 5 rings (SSSR count). The van der Waals surface area contributed by atoms with Crippen LogP contribution in [-0.4, -0.2) is 12.0 Å². The number of rotatable bonds is 3. The molecule has 0 aromatic rings. The molecule has 0 heterocycles. The van der Waals surface area contributed by atoms with E-state index in [-0.39, 0.29) is 23.2 Å². The third kappa shape index (κ3) is 2.46. The monoisotopic (exact) mass is 450 g/mol. The summed E-state index contributed by atoms with van der Waals surface area (Å²) in [5.41, 5.74) is 4.26. The Morgan fingerprint density at radius 3 is 2.34 bits per heavy atom. The van der Waals surface area contributed by atoms with Crippen molar-refractivity contribution in [1.29, 1.82) is 0 Å². The highest BCUT2D eigenvalue weighted by molar-refractivity contribution is 5.84. The van der Waals surface area contributed by atoms with Crippen LogP contribution in [0, 0.1) is 44.8 Å². The summed E-state index contributed by atoms with van der Waals surface area (Å²) in [5.74, 6) is -0.263. The van der Waals surface area contributed by atoms with Crippen molar-refractivity contribution in [3.8, 4) is 0 Å². The van der Waals surface area contributed by atoms with Crippen LogP contribution in [0.4, 0.5) is 13.2 Å². The van der Waals surface area contributed by atoms with Gasteiger partial charge in [-0.05, 0) is 90.8 Å². The smallest absolute Gasteiger partial charge is 0.290 e. The van der Waals surface area contributed by atoms with E-state index in [4.69, 9.17) is 0 Å². The Labute approximate surface area is 192 Å². The lowest BCUT2D eigenvalue weighted by atomic mass is 9.49. The van der Waals surface area contributed by atoms with Crippen LogP contribution in [0.15, 0.2) is 11.1 Å². The van der Waals surface area contributed by atoms with Crippen molar-refractivity contribution in [3.05, 3.63) is 11.1 Å². The summed E-state index contributed by atoms with van der Waals surface area (Å²) in [6.45, 7) is 13.9. The Bertz CT molecular complexity index is 884. The number of ketones is 1. The summed E-state index contributed by atoms with van der Waals surface area (Å²) in [5, 5.41) is 0. The van der Waals surface area contributed by atoms with Gasteiger partial charge in [-0.15, -0.1) is 0 Å². The van der Waals surface area contributed by atoms with Crippen LogP contribution >= 0.6 is 0 Å². The second-order valence-corrected chi connectivity index (χ2v) is 13.4. The zero-order valence-electron chi connectivity index (χ0n) is 20.8. The molecule has 2 spiro atoms. The molecule has 4 saturated carbocycles. The summed E-state index contributed by atoms with van der Waals surface area (Å²) < 4.78 is 39.1. The lowest BCUT2D eigenvalue weighted by Crippen LogP contribution is -2.47. The van der Waals surface area contributed by atoms with E-state index >= 15 is 0 Å². The fourth-order valence-electron chi connectivity index (χ4n) is 10.6. The lowest BCUT2D eigenvalue weighted by molar-refractivity contribution is -0.173. The molecule has 5 aliphatic rings. The zero-order valence-corrected chi connectivity index (χ0v) is 20.8. The van der Waals surface area contributed by atoms with Gasteiger partial charge in [-0.2, -0.15) is 13.2 Å². The second-order valence-electron chi connectivity index (χ2n) is 13.4. The summed E-state index contributed by atoms with van der Waals surface area (Å²) in [4.78, 5) is 11.8. The van der Waals surface area contributed by atoms with E-state index in [2.05, 4.69) is 34.6 Å². The first-order valence-electron chi connectivity index (χ1n) is 13.0. The van der Waals surface area contributed by atoms with Crippen molar-refractivity contribution in [2.24, 2.45) is 44.8 Å². The Hall–Kier alpha value is -0.800. The summed E-state index contributed by atoms with van der Waals surface area (Å²) in [6.07, 6.45) is 5.64. The van der Waals surface area contributed by atoms with E-state index in [1.807, 2.05) is 6.92 Å². The van der Waals surface area contributed by atoms with Crippen LogP contribution < -0.4 is 0 Å². The molecule has 32 heavy (non-hydrogen) atoms. The van der Waals surface area contributed by atoms with E-state index < -0.39 is 12.0 Å². The van der Waals surface area contributed by atoms with Gasteiger partial charge in [0.2, 0.25) is 5.78 Å². The Kier molecular flexibility index (Phi) is 4.63. The average Bonchev–Trinajstić information content (AvgIpc) is 3.07. The van der Waals surface area contributed by atoms with Crippen molar-refractivity contribution < 1.29 is 18.0 Å². The van der Waals surface area contributed by atoms with Gasteiger partial charge in [0.15, 0.2) is 0 Å². The number of halogens is 3. The van der Waals surface area contributed by atoms with E-state index in [1.165, 1.54) is 38.5 Å². The van der Waals surface area contributed by atoms with Crippen molar-refractivity contribution in [2.75, 3.05) is 0 Å². The highest BCUT2D eigenvalue weighted by Crippen LogP contribution is 2.88. The van der Waals surface area contributed by atoms with Gasteiger partial charge in [-0.1, -0.05) is 59.1 Å². The van der Waals surface area contributed by atoms with Crippen molar-refractivity contribution in [1.82, 2.24) is 0 Å². The highest BCUT2D eigenvalue weighted by Gasteiger charge is 2.81. The number of allylic oxidation sites excluding steroid dienone is 2. The molecule has 4 heteroatoms. The van der Waals surface area contributed by atoms with Crippen molar-refractivity contribution >= 4 is 5.78 Å². The molecule has 0 aromatic carbocycles. The Balaban J connectivity index is 1.52.